The summed E-state index contributed by atoms with van der Waals surface area (Å²) in [6, 6.07) is 10.9. The lowest BCUT2D eigenvalue weighted by Crippen LogP contribution is -2.04. The van der Waals surface area contributed by atoms with Crippen LogP contribution in [-0.4, -0.2) is 5.78 Å². The molecule has 0 N–H and O–H groups in total. The molecule has 0 aliphatic carbocycles. The maximum atomic E-state index is 13.4. The fraction of sp³-hybridized carbons (Fsp3) is 0.188. The summed E-state index contributed by atoms with van der Waals surface area (Å²) in [4.78, 5) is 11.9. The molecule has 0 saturated heterocycles. The van der Waals surface area contributed by atoms with Crippen LogP contribution in [-0.2, 0) is 6.42 Å². The van der Waals surface area contributed by atoms with Crippen LogP contribution in [0, 0.1) is 18.6 Å². The molecule has 0 heterocycles. The van der Waals surface area contributed by atoms with Crippen LogP contribution in [0.1, 0.15) is 27.9 Å². The molecule has 1 nitrogen and oxygen atoms in total. The van der Waals surface area contributed by atoms with E-state index >= 15 is 0 Å². The summed E-state index contributed by atoms with van der Waals surface area (Å²) in [6.07, 6.45) is 0.767. The van der Waals surface area contributed by atoms with E-state index in [2.05, 4.69) is 0 Å². The molecule has 98 valence electrons. The zero-order chi connectivity index (χ0) is 13.8. The molecule has 0 aliphatic rings. The number of carbonyl (C=O) groups excluding carboxylic acids is 1. The normalized spacial score (nSPS) is 10.5. The standard InChI is InChI=1S/C16H14F2O/c1-11-3-2-4-12(9-11)5-8-16(19)14-7-6-13(17)10-15(14)18/h2-4,6-7,9-10H,5,8H2,1H3. The van der Waals surface area contributed by atoms with Crippen LogP contribution in [0.25, 0.3) is 0 Å². The van der Waals surface area contributed by atoms with Crippen molar-refractivity contribution in [3.63, 3.8) is 0 Å². The number of rotatable bonds is 4. The molecule has 0 bridgehead atoms. The fourth-order valence-corrected chi connectivity index (χ4v) is 1.98. The van der Waals surface area contributed by atoms with Gasteiger partial charge >= 0.3 is 0 Å². The minimum absolute atomic E-state index is 0.0472. The first kappa shape index (κ1) is 13.4. The second-order valence-electron chi connectivity index (χ2n) is 4.54. The van der Waals surface area contributed by atoms with Crippen molar-refractivity contribution in [3.05, 3.63) is 70.8 Å². The van der Waals surface area contributed by atoms with Crippen molar-refractivity contribution in [1.82, 2.24) is 0 Å². The lowest BCUT2D eigenvalue weighted by molar-refractivity contribution is 0.0979. The van der Waals surface area contributed by atoms with Gasteiger partial charge in [0.15, 0.2) is 5.78 Å². The largest absolute Gasteiger partial charge is 0.294 e. The van der Waals surface area contributed by atoms with E-state index in [0.29, 0.717) is 6.42 Å². The van der Waals surface area contributed by atoms with Crippen LogP contribution < -0.4 is 0 Å². The number of halogens is 2. The van der Waals surface area contributed by atoms with Gasteiger partial charge in [0.25, 0.3) is 0 Å². The summed E-state index contributed by atoms with van der Waals surface area (Å²) in [5.74, 6) is -1.78. The van der Waals surface area contributed by atoms with Gasteiger partial charge < -0.3 is 0 Å². The van der Waals surface area contributed by atoms with E-state index in [4.69, 9.17) is 0 Å². The molecule has 0 fully saturated rings. The molecule has 2 aromatic rings. The topological polar surface area (TPSA) is 17.1 Å². The Bertz CT molecular complexity index is 605. The predicted octanol–water partition coefficient (Wildman–Crippen LogP) is 4.09. The van der Waals surface area contributed by atoms with E-state index in [9.17, 15) is 13.6 Å². The van der Waals surface area contributed by atoms with Crippen LogP contribution in [0.3, 0.4) is 0 Å². The van der Waals surface area contributed by atoms with E-state index in [-0.39, 0.29) is 17.8 Å². The second kappa shape index (κ2) is 5.74. The van der Waals surface area contributed by atoms with Gasteiger partial charge in [0.2, 0.25) is 0 Å². The molecule has 0 atom stereocenters. The number of ketones is 1. The molecule has 3 heteroatoms. The van der Waals surface area contributed by atoms with Gasteiger partial charge in [-0.2, -0.15) is 0 Å². The van der Waals surface area contributed by atoms with Crippen molar-refractivity contribution in [2.24, 2.45) is 0 Å². The Labute approximate surface area is 110 Å². The van der Waals surface area contributed by atoms with Crippen LogP contribution in [0.15, 0.2) is 42.5 Å². The molecule has 0 radical (unpaired) electrons. The molecule has 0 aromatic heterocycles. The number of Topliss-reactive ketones (excluding diaryl/α,β-unsaturated/α-hetero) is 1. The third-order valence-electron chi connectivity index (χ3n) is 2.95. The van der Waals surface area contributed by atoms with E-state index in [0.717, 1.165) is 23.3 Å². The van der Waals surface area contributed by atoms with Gasteiger partial charge in [-0.25, -0.2) is 8.78 Å². The minimum atomic E-state index is -0.797. The maximum Gasteiger partial charge on any atom is 0.166 e. The third-order valence-corrected chi connectivity index (χ3v) is 2.95. The predicted molar refractivity (Wildman–Crippen MR) is 70.2 cm³/mol. The highest BCUT2D eigenvalue weighted by molar-refractivity contribution is 5.96. The molecule has 0 saturated carbocycles. The Kier molecular flexibility index (Phi) is 4.05. The molecular formula is C16H14F2O. The summed E-state index contributed by atoms with van der Waals surface area (Å²) in [7, 11) is 0. The highest BCUT2D eigenvalue weighted by Crippen LogP contribution is 2.14. The van der Waals surface area contributed by atoms with Gasteiger partial charge in [-0.1, -0.05) is 29.8 Å². The Morgan fingerprint density at radius 3 is 2.58 bits per heavy atom. The van der Waals surface area contributed by atoms with Crippen LogP contribution in [0.5, 0.6) is 0 Å². The highest BCUT2D eigenvalue weighted by Gasteiger charge is 2.12. The van der Waals surface area contributed by atoms with Crippen LogP contribution in [0.4, 0.5) is 8.78 Å². The molecule has 0 spiro atoms. The van der Waals surface area contributed by atoms with Crippen molar-refractivity contribution in [1.29, 1.82) is 0 Å². The second-order valence-corrected chi connectivity index (χ2v) is 4.54. The molecular weight excluding hydrogens is 246 g/mol. The molecule has 2 rings (SSSR count). The first-order valence-electron chi connectivity index (χ1n) is 6.10. The van der Waals surface area contributed by atoms with Gasteiger partial charge in [0.1, 0.15) is 11.6 Å². The lowest BCUT2D eigenvalue weighted by Gasteiger charge is -2.04. The lowest BCUT2D eigenvalue weighted by atomic mass is 10.0. The van der Waals surface area contributed by atoms with Crippen molar-refractivity contribution < 1.29 is 13.6 Å². The SMILES string of the molecule is Cc1cccc(CCC(=O)c2ccc(F)cc2F)c1. The number of hydrogen-bond donors (Lipinski definition) is 0. The first-order valence-corrected chi connectivity index (χ1v) is 6.10. The molecule has 0 amide bonds. The summed E-state index contributed by atoms with van der Waals surface area (Å²) in [5, 5.41) is 0. The Morgan fingerprint density at radius 1 is 1.11 bits per heavy atom. The van der Waals surface area contributed by atoms with Crippen molar-refractivity contribution in [3.8, 4) is 0 Å². The van der Waals surface area contributed by atoms with Gasteiger partial charge in [0.05, 0.1) is 5.56 Å². The summed E-state index contributed by atoms with van der Waals surface area (Å²) in [5.41, 5.74) is 2.11. The van der Waals surface area contributed by atoms with E-state index in [1.54, 1.807) is 0 Å². The fourth-order valence-electron chi connectivity index (χ4n) is 1.98. The summed E-state index contributed by atoms with van der Waals surface area (Å²) in [6.45, 7) is 1.98. The Balaban J connectivity index is 2.05. The van der Waals surface area contributed by atoms with Crippen LogP contribution >= 0.6 is 0 Å². The number of aryl methyl sites for hydroxylation is 2. The van der Waals surface area contributed by atoms with Gasteiger partial charge in [-0.05, 0) is 31.0 Å². The van der Waals surface area contributed by atoms with Crippen molar-refractivity contribution >= 4 is 5.78 Å². The molecule has 19 heavy (non-hydrogen) atoms. The van der Waals surface area contributed by atoms with Gasteiger partial charge in [-0.15, -0.1) is 0 Å². The maximum absolute atomic E-state index is 13.4. The average Bonchev–Trinajstić information content (AvgIpc) is 2.36. The summed E-state index contributed by atoms with van der Waals surface area (Å²) >= 11 is 0. The quantitative estimate of drug-likeness (QED) is 0.757. The van der Waals surface area contributed by atoms with Gasteiger partial charge in [0, 0.05) is 12.5 Å². The van der Waals surface area contributed by atoms with E-state index < -0.39 is 11.6 Å². The van der Waals surface area contributed by atoms with Crippen LogP contribution in [0.2, 0.25) is 0 Å². The van der Waals surface area contributed by atoms with Crippen molar-refractivity contribution in [2.45, 2.75) is 19.8 Å². The number of benzene rings is 2. The molecule has 0 aliphatic heterocycles. The number of carbonyl (C=O) groups is 1. The Morgan fingerprint density at radius 2 is 1.89 bits per heavy atom. The summed E-state index contributed by atoms with van der Waals surface area (Å²) < 4.78 is 26.2. The minimum Gasteiger partial charge on any atom is -0.294 e. The van der Waals surface area contributed by atoms with E-state index in [1.807, 2.05) is 31.2 Å². The zero-order valence-electron chi connectivity index (χ0n) is 10.6. The van der Waals surface area contributed by atoms with Gasteiger partial charge in [-0.3, -0.25) is 4.79 Å². The third kappa shape index (κ3) is 3.47. The van der Waals surface area contributed by atoms with E-state index in [1.165, 1.54) is 6.07 Å². The highest BCUT2D eigenvalue weighted by atomic mass is 19.1. The molecule has 0 unspecified atom stereocenters. The number of hydrogen-bond acceptors (Lipinski definition) is 1. The molecule has 2 aromatic carbocycles. The average molecular weight is 260 g/mol. The monoisotopic (exact) mass is 260 g/mol. The first-order chi connectivity index (χ1) is 9.06. The zero-order valence-corrected chi connectivity index (χ0v) is 10.6. The Hall–Kier alpha value is -2.03. The van der Waals surface area contributed by atoms with Crippen molar-refractivity contribution in [2.75, 3.05) is 0 Å². The smallest absolute Gasteiger partial charge is 0.166 e.